The summed E-state index contributed by atoms with van der Waals surface area (Å²) in [5, 5.41) is 11.3. The maximum absolute atomic E-state index is 13.2. The Hall–Kier alpha value is -3.42. The van der Waals surface area contributed by atoms with Gasteiger partial charge in [-0.3, -0.25) is 4.79 Å². The first-order valence-electron chi connectivity index (χ1n) is 8.01. The van der Waals surface area contributed by atoms with Crippen LogP contribution < -0.4 is 14.8 Å². The van der Waals surface area contributed by atoms with E-state index in [-0.39, 0.29) is 11.5 Å². The van der Waals surface area contributed by atoms with E-state index in [0.29, 0.717) is 29.4 Å². The Labute approximate surface area is 152 Å². The fourth-order valence-corrected chi connectivity index (χ4v) is 3.35. The molecule has 0 fully saturated rings. The van der Waals surface area contributed by atoms with E-state index >= 15 is 0 Å². The zero-order valence-electron chi connectivity index (χ0n) is 13.7. The predicted octanol–water partition coefficient (Wildman–Crippen LogP) is 3.45. The number of nitrogens with one attached hydrogen (secondary N) is 1. The number of allylic oxidation sites excluding steroid dienone is 1. The highest BCUT2D eigenvalue weighted by atomic mass is 19.3. The quantitative estimate of drug-likeness (QED) is 0.636. The van der Waals surface area contributed by atoms with Crippen molar-refractivity contribution in [1.29, 1.82) is 0 Å². The molecular weight excluding hydrogens is 360 g/mol. The third kappa shape index (κ3) is 2.88. The molecule has 1 heterocycles. The first-order valence-corrected chi connectivity index (χ1v) is 8.01. The van der Waals surface area contributed by atoms with Crippen LogP contribution in [0.4, 0.5) is 13.6 Å². The number of hydrogen-bond acceptors (Lipinski definition) is 4. The molecule has 6 nitrogen and oxygen atoms in total. The molecule has 27 heavy (non-hydrogen) atoms. The van der Waals surface area contributed by atoms with Gasteiger partial charge in [-0.05, 0) is 40.8 Å². The number of aldehydes is 1. The molecular formula is C19H13F2NO5. The molecule has 2 aromatic rings. The number of amides is 1. The van der Waals surface area contributed by atoms with E-state index in [1.54, 1.807) is 30.3 Å². The van der Waals surface area contributed by atoms with E-state index in [2.05, 4.69) is 14.8 Å². The molecule has 4 rings (SSSR count). The van der Waals surface area contributed by atoms with E-state index in [1.807, 2.05) is 0 Å². The average molecular weight is 373 g/mol. The maximum Gasteiger partial charge on any atom is 0.586 e. The molecule has 8 heteroatoms. The molecule has 138 valence electrons. The van der Waals surface area contributed by atoms with Crippen molar-refractivity contribution in [3.8, 4) is 22.6 Å². The van der Waals surface area contributed by atoms with Crippen LogP contribution in [0.2, 0.25) is 0 Å². The molecule has 0 radical (unpaired) electrons. The van der Waals surface area contributed by atoms with Gasteiger partial charge in [0.15, 0.2) is 17.8 Å². The van der Waals surface area contributed by atoms with E-state index in [1.165, 1.54) is 18.2 Å². The minimum absolute atomic E-state index is 0.0460. The summed E-state index contributed by atoms with van der Waals surface area (Å²) in [4.78, 5) is 22.7. The van der Waals surface area contributed by atoms with Crippen molar-refractivity contribution >= 4 is 12.4 Å². The molecule has 1 amide bonds. The van der Waals surface area contributed by atoms with E-state index in [9.17, 15) is 18.4 Å². The van der Waals surface area contributed by atoms with Gasteiger partial charge in [0.05, 0.1) is 0 Å². The topological polar surface area (TPSA) is 84.9 Å². The molecule has 0 bridgehead atoms. The smallest absolute Gasteiger partial charge is 0.465 e. The van der Waals surface area contributed by atoms with Crippen molar-refractivity contribution in [3.05, 3.63) is 59.7 Å². The lowest BCUT2D eigenvalue weighted by molar-refractivity contribution is -0.286. The number of fused-ring (bicyclic) bond motifs is 2. The molecule has 1 aliphatic carbocycles. The highest BCUT2D eigenvalue weighted by Gasteiger charge is 2.43. The number of rotatable bonds is 3. The summed E-state index contributed by atoms with van der Waals surface area (Å²) in [6, 6.07) is 9.58. The second kappa shape index (κ2) is 5.80. The summed E-state index contributed by atoms with van der Waals surface area (Å²) in [5.41, 5.74) is 1.16. The highest BCUT2D eigenvalue weighted by Crippen LogP contribution is 2.43. The monoisotopic (exact) mass is 373 g/mol. The summed E-state index contributed by atoms with van der Waals surface area (Å²) in [6.07, 6.45) is -0.746. The van der Waals surface area contributed by atoms with Gasteiger partial charge in [0.2, 0.25) is 0 Å². The second-order valence-electron chi connectivity index (χ2n) is 6.22. The minimum Gasteiger partial charge on any atom is -0.465 e. The number of carbonyl (C=O) groups excluding carboxylic acids is 1. The molecule has 0 aromatic heterocycles. The number of carbonyl (C=O) groups is 2. The van der Waals surface area contributed by atoms with Crippen molar-refractivity contribution in [2.45, 2.75) is 18.3 Å². The Morgan fingerprint density at radius 2 is 1.81 bits per heavy atom. The van der Waals surface area contributed by atoms with Crippen LogP contribution in [-0.2, 0) is 16.8 Å². The molecule has 0 spiro atoms. The molecule has 2 aromatic carbocycles. The van der Waals surface area contributed by atoms with Crippen LogP contribution >= 0.6 is 0 Å². The Balaban J connectivity index is 1.73. The van der Waals surface area contributed by atoms with Crippen LogP contribution in [0.15, 0.2) is 48.6 Å². The largest absolute Gasteiger partial charge is 0.586 e. The van der Waals surface area contributed by atoms with Crippen molar-refractivity contribution in [2.75, 3.05) is 0 Å². The summed E-state index contributed by atoms with van der Waals surface area (Å²) in [6.45, 7) is 0. The van der Waals surface area contributed by atoms with Crippen LogP contribution in [0, 0.1) is 0 Å². The van der Waals surface area contributed by atoms with Crippen molar-refractivity contribution in [2.24, 2.45) is 0 Å². The Kier molecular flexibility index (Phi) is 3.66. The summed E-state index contributed by atoms with van der Waals surface area (Å²) in [7, 11) is 0. The molecule has 0 unspecified atom stereocenters. The molecule has 2 aliphatic rings. The molecule has 0 saturated heterocycles. The van der Waals surface area contributed by atoms with Crippen molar-refractivity contribution < 1.29 is 33.0 Å². The maximum atomic E-state index is 13.2. The lowest BCUT2D eigenvalue weighted by Gasteiger charge is -2.30. The normalized spacial score (nSPS) is 21.4. The highest BCUT2D eigenvalue weighted by molar-refractivity contribution is 5.81. The third-order valence-electron chi connectivity index (χ3n) is 4.50. The first-order chi connectivity index (χ1) is 12.8. The SMILES string of the molecule is O=C[C@]1(NC(=O)O)C=CCc2cc(-c3ccc4c(c3)OC(F)(F)O4)ccc21. The second-order valence-corrected chi connectivity index (χ2v) is 6.22. The minimum atomic E-state index is -3.69. The standard InChI is InChI=1S/C19H13F2NO5/c20-19(21)26-15-6-4-12(9-16(15)27-19)11-3-5-14-13(8-11)2-1-7-18(14,10-23)22-17(24)25/h1,3-10,22H,2H2,(H,24,25)/t18-/m1/s1. The third-order valence-corrected chi connectivity index (χ3v) is 4.50. The van der Waals surface area contributed by atoms with Crippen LogP contribution in [-0.4, -0.2) is 23.8 Å². The number of halogens is 2. The fourth-order valence-electron chi connectivity index (χ4n) is 3.35. The van der Waals surface area contributed by atoms with E-state index in [4.69, 9.17) is 5.11 Å². The van der Waals surface area contributed by atoms with Gasteiger partial charge in [0.1, 0.15) is 5.54 Å². The van der Waals surface area contributed by atoms with Gasteiger partial charge >= 0.3 is 12.4 Å². The first kappa shape index (κ1) is 17.0. The molecule has 0 saturated carbocycles. The van der Waals surface area contributed by atoms with Gasteiger partial charge in [-0.2, -0.15) is 0 Å². The molecule has 1 aliphatic heterocycles. The van der Waals surface area contributed by atoms with Gasteiger partial charge in [-0.25, -0.2) is 4.79 Å². The van der Waals surface area contributed by atoms with Gasteiger partial charge in [0.25, 0.3) is 0 Å². The number of hydrogen-bond donors (Lipinski definition) is 2. The van der Waals surface area contributed by atoms with Crippen LogP contribution in [0.3, 0.4) is 0 Å². The van der Waals surface area contributed by atoms with Gasteiger partial charge in [-0.1, -0.05) is 36.4 Å². The lowest BCUT2D eigenvalue weighted by atomic mass is 9.81. The zero-order chi connectivity index (χ0) is 19.2. The number of ether oxygens (including phenoxy) is 2. The van der Waals surface area contributed by atoms with Crippen molar-refractivity contribution in [3.63, 3.8) is 0 Å². The summed E-state index contributed by atoms with van der Waals surface area (Å²) < 4.78 is 35.2. The molecule has 2 N–H and O–H groups in total. The number of alkyl halides is 2. The molecule has 1 atom stereocenters. The summed E-state index contributed by atoms with van der Waals surface area (Å²) >= 11 is 0. The Bertz CT molecular complexity index is 988. The number of carboxylic acid groups (broad SMARTS) is 1. The Morgan fingerprint density at radius 3 is 2.56 bits per heavy atom. The fraction of sp³-hybridized carbons (Fsp3) is 0.158. The van der Waals surface area contributed by atoms with E-state index < -0.39 is 17.9 Å². The Morgan fingerprint density at radius 1 is 1.11 bits per heavy atom. The van der Waals surface area contributed by atoms with Gasteiger partial charge < -0.3 is 19.9 Å². The van der Waals surface area contributed by atoms with Crippen LogP contribution in [0.5, 0.6) is 11.5 Å². The van der Waals surface area contributed by atoms with Crippen molar-refractivity contribution in [1.82, 2.24) is 5.32 Å². The zero-order valence-corrected chi connectivity index (χ0v) is 13.7. The van der Waals surface area contributed by atoms with E-state index in [0.717, 1.165) is 5.56 Å². The number of benzene rings is 2. The average Bonchev–Trinajstić information content (AvgIpc) is 2.93. The van der Waals surface area contributed by atoms with Crippen LogP contribution in [0.1, 0.15) is 11.1 Å². The summed E-state index contributed by atoms with van der Waals surface area (Å²) in [5.74, 6) is -0.111. The predicted molar refractivity (Wildman–Crippen MR) is 89.8 cm³/mol. The van der Waals surface area contributed by atoms with Gasteiger partial charge in [0, 0.05) is 0 Å². The van der Waals surface area contributed by atoms with Gasteiger partial charge in [-0.15, -0.1) is 8.78 Å². The lowest BCUT2D eigenvalue weighted by Crippen LogP contribution is -2.46. The van der Waals surface area contributed by atoms with Crippen LogP contribution in [0.25, 0.3) is 11.1 Å².